The second kappa shape index (κ2) is 13.4. The molecule has 2 N–H and O–H groups in total. The molecule has 0 saturated heterocycles. The molecule has 2 saturated carbocycles. The number of benzene rings is 4. The van der Waals surface area contributed by atoms with Gasteiger partial charge < -0.3 is 10.2 Å². The summed E-state index contributed by atoms with van der Waals surface area (Å²) < 4.78 is 0. The van der Waals surface area contributed by atoms with Crippen LogP contribution in [0.15, 0.2) is 84.9 Å². The number of rotatable bonds is 8. The van der Waals surface area contributed by atoms with Crippen molar-refractivity contribution in [3.8, 4) is 11.5 Å². The number of phenols is 2. The first-order valence-electron chi connectivity index (χ1n) is 16.8. The van der Waals surface area contributed by atoms with Crippen molar-refractivity contribution >= 4 is 0 Å². The van der Waals surface area contributed by atoms with Crippen LogP contribution < -0.4 is 0 Å². The Morgan fingerprint density at radius 3 is 1.26 bits per heavy atom. The van der Waals surface area contributed by atoms with E-state index in [1.165, 1.54) is 97.6 Å². The largest absolute Gasteiger partial charge is 0.508 e. The number of hydrogen-bond donors (Lipinski definition) is 2. The Balaban J connectivity index is 1.43. The molecule has 2 atom stereocenters. The van der Waals surface area contributed by atoms with Crippen molar-refractivity contribution in [3.05, 3.63) is 129 Å². The van der Waals surface area contributed by atoms with Gasteiger partial charge in [-0.05, 0) is 83.0 Å². The lowest BCUT2D eigenvalue weighted by Crippen LogP contribution is -2.13. The quantitative estimate of drug-likeness (QED) is 0.220. The van der Waals surface area contributed by atoms with E-state index in [0.717, 1.165) is 11.1 Å². The van der Waals surface area contributed by atoms with Crippen LogP contribution in [-0.4, -0.2) is 10.2 Å². The second-order valence-electron chi connectivity index (χ2n) is 13.3. The summed E-state index contributed by atoms with van der Waals surface area (Å²) in [4.78, 5) is 0. The van der Waals surface area contributed by atoms with Crippen LogP contribution in [0.25, 0.3) is 0 Å². The van der Waals surface area contributed by atoms with Crippen molar-refractivity contribution in [2.45, 2.75) is 108 Å². The normalized spacial score (nSPS) is 17.9. The lowest BCUT2D eigenvalue weighted by atomic mass is 9.76. The summed E-state index contributed by atoms with van der Waals surface area (Å²) in [6, 6.07) is 30.0. The summed E-state index contributed by atoms with van der Waals surface area (Å²) in [6.45, 7) is 4.49. The van der Waals surface area contributed by atoms with Crippen LogP contribution in [0.5, 0.6) is 11.5 Å². The molecule has 43 heavy (non-hydrogen) atoms. The molecule has 0 aromatic heterocycles. The smallest absolute Gasteiger partial charge is 0.119 e. The summed E-state index contributed by atoms with van der Waals surface area (Å²) in [7, 11) is 0. The third-order valence-electron chi connectivity index (χ3n) is 10.6. The molecule has 2 heteroatoms. The summed E-state index contributed by atoms with van der Waals surface area (Å²) in [5, 5.41) is 23.5. The molecule has 2 fully saturated rings. The maximum atomic E-state index is 11.8. The van der Waals surface area contributed by atoms with Crippen molar-refractivity contribution < 1.29 is 10.2 Å². The van der Waals surface area contributed by atoms with Gasteiger partial charge in [-0.15, -0.1) is 0 Å². The molecule has 4 aromatic carbocycles. The highest BCUT2D eigenvalue weighted by atomic mass is 16.3. The molecule has 0 bridgehead atoms. The molecule has 0 amide bonds. The third-order valence-corrected chi connectivity index (χ3v) is 10.6. The van der Waals surface area contributed by atoms with E-state index in [1.54, 1.807) is 0 Å². The minimum atomic E-state index is 0.202. The monoisotopic (exact) mass is 572 g/mol. The van der Waals surface area contributed by atoms with Gasteiger partial charge in [0.1, 0.15) is 11.5 Å². The molecule has 0 heterocycles. The summed E-state index contributed by atoms with van der Waals surface area (Å²) in [5.74, 6) is 2.08. The Morgan fingerprint density at radius 2 is 0.884 bits per heavy atom. The standard InChI is InChI=1S/C41H48O2/c1-28(30-15-7-3-8-16-30)34-23-36(32-19-11-5-12-20-32)38(40(42)25-34)27-39-37(33-21-13-6-14-22-33)24-35(26-41(39)43)29(2)31-17-9-4-10-18-31/h3-4,7-10,15-18,23-26,28-29,32-33,42-43H,5-6,11-14,19-22,27H2,1-2H3. The van der Waals surface area contributed by atoms with Crippen LogP contribution in [-0.2, 0) is 6.42 Å². The molecule has 2 unspecified atom stereocenters. The lowest BCUT2D eigenvalue weighted by molar-refractivity contribution is 0.427. The van der Waals surface area contributed by atoms with E-state index < -0.39 is 0 Å². The third kappa shape index (κ3) is 6.54. The number of phenolic OH excluding ortho intramolecular Hbond substituents is 2. The van der Waals surface area contributed by atoms with Crippen molar-refractivity contribution in [1.29, 1.82) is 0 Å². The van der Waals surface area contributed by atoms with Gasteiger partial charge in [-0.25, -0.2) is 0 Å². The highest BCUT2D eigenvalue weighted by Gasteiger charge is 2.27. The molecule has 0 aliphatic heterocycles. The second-order valence-corrected chi connectivity index (χ2v) is 13.3. The van der Waals surface area contributed by atoms with Gasteiger partial charge in [-0.2, -0.15) is 0 Å². The van der Waals surface area contributed by atoms with Crippen molar-refractivity contribution in [2.24, 2.45) is 0 Å². The van der Waals surface area contributed by atoms with E-state index in [9.17, 15) is 10.2 Å². The van der Waals surface area contributed by atoms with Crippen LogP contribution in [0, 0.1) is 0 Å². The lowest BCUT2D eigenvalue weighted by Gasteiger charge is -2.29. The average molecular weight is 573 g/mol. The Hall–Kier alpha value is -3.52. The van der Waals surface area contributed by atoms with E-state index >= 15 is 0 Å². The average Bonchev–Trinajstić information content (AvgIpc) is 3.07. The zero-order valence-electron chi connectivity index (χ0n) is 26.1. The Morgan fingerprint density at radius 1 is 0.512 bits per heavy atom. The van der Waals surface area contributed by atoms with Gasteiger partial charge in [-0.1, -0.05) is 125 Å². The molecule has 0 radical (unpaired) electrons. The molecule has 2 aliphatic carbocycles. The highest BCUT2D eigenvalue weighted by Crippen LogP contribution is 2.45. The molecule has 6 rings (SSSR count). The zero-order chi connectivity index (χ0) is 29.8. The number of aromatic hydroxyl groups is 2. The van der Waals surface area contributed by atoms with E-state index in [-0.39, 0.29) is 11.8 Å². The van der Waals surface area contributed by atoms with Gasteiger partial charge in [0.2, 0.25) is 0 Å². The van der Waals surface area contributed by atoms with Gasteiger partial charge in [-0.3, -0.25) is 0 Å². The molecular weight excluding hydrogens is 524 g/mol. The fraction of sp³-hybridized carbons (Fsp3) is 0.415. The fourth-order valence-electron chi connectivity index (χ4n) is 7.89. The molecule has 224 valence electrons. The molecule has 4 aromatic rings. The van der Waals surface area contributed by atoms with Gasteiger partial charge in [0, 0.05) is 29.4 Å². The van der Waals surface area contributed by atoms with Crippen molar-refractivity contribution in [3.63, 3.8) is 0 Å². The predicted molar refractivity (Wildman–Crippen MR) is 179 cm³/mol. The molecule has 2 nitrogen and oxygen atoms in total. The van der Waals surface area contributed by atoms with Crippen LogP contribution in [0.4, 0.5) is 0 Å². The first-order valence-corrected chi connectivity index (χ1v) is 16.8. The van der Waals surface area contributed by atoms with Gasteiger partial charge in [0.05, 0.1) is 0 Å². The minimum absolute atomic E-state index is 0.202. The molecular formula is C41H48O2. The Labute approximate surface area is 258 Å². The van der Waals surface area contributed by atoms with Crippen LogP contribution in [0.1, 0.15) is 146 Å². The number of hydrogen-bond acceptors (Lipinski definition) is 2. The fourth-order valence-corrected chi connectivity index (χ4v) is 7.89. The SMILES string of the molecule is CC(c1ccccc1)c1cc(O)c(Cc2c(O)cc(C(C)c3ccccc3)cc2C2CCCCC2)c(C2CCCCC2)c1. The van der Waals surface area contributed by atoms with Crippen molar-refractivity contribution in [1.82, 2.24) is 0 Å². The highest BCUT2D eigenvalue weighted by molar-refractivity contribution is 5.55. The maximum absolute atomic E-state index is 11.8. The molecule has 2 aliphatic rings. The summed E-state index contributed by atoms with van der Waals surface area (Å²) in [6.07, 6.45) is 12.8. The maximum Gasteiger partial charge on any atom is 0.119 e. The predicted octanol–water partition coefficient (Wildman–Crippen LogP) is 11.1. The van der Waals surface area contributed by atoms with Gasteiger partial charge in [0.25, 0.3) is 0 Å². The van der Waals surface area contributed by atoms with Gasteiger partial charge >= 0.3 is 0 Å². The first kappa shape index (κ1) is 29.5. The Bertz CT molecular complexity index is 1380. The van der Waals surface area contributed by atoms with Crippen LogP contribution in [0.2, 0.25) is 0 Å². The van der Waals surface area contributed by atoms with E-state index in [0.29, 0.717) is 29.8 Å². The summed E-state index contributed by atoms with van der Waals surface area (Å²) in [5.41, 5.74) is 9.53. The van der Waals surface area contributed by atoms with E-state index in [4.69, 9.17) is 0 Å². The summed E-state index contributed by atoms with van der Waals surface area (Å²) >= 11 is 0. The van der Waals surface area contributed by atoms with E-state index in [1.807, 2.05) is 12.1 Å². The molecule has 0 spiro atoms. The van der Waals surface area contributed by atoms with Crippen LogP contribution in [0.3, 0.4) is 0 Å². The zero-order valence-corrected chi connectivity index (χ0v) is 26.1. The van der Waals surface area contributed by atoms with E-state index in [2.05, 4.69) is 86.6 Å². The Kier molecular flexibility index (Phi) is 9.22. The van der Waals surface area contributed by atoms with Crippen LogP contribution >= 0.6 is 0 Å². The minimum Gasteiger partial charge on any atom is -0.508 e. The first-order chi connectivity index (χ1) is 21.0. The topological polar surface area (TPSA) is 40.5 Å². The van der Waals surface area contributed by atoms with Crippen molar-refractivity contribution in [2.75, 3.05) is 0 Å². The van der Waals surface area contributed by atoms with Gasteiger partial charge in [0.15, 0.2) is 0 Å².